The van der Waals surface area contributed by atoms with Crippen LogP contribution in [0.4, 0.5) is 0 Å². The van der Waals surface area contributed by atoms with Crippen LogP contribution in [0.1, 0.15) is 30.4 Å². The largest absolute Gasteiger partial charge is 0.508 e. The Kier molecular flexibility index (Phi) is 3.42. The first-order chi connectivity index (χ1) is 9.79. The third-order valence-electron chi connectivity index (χ3n) is 3.76. The minimum absolute atomic E-state index is 0.325. The average molecular weight is 262 g/mol. The molecule has 0 spiro atoms. The van der Waals surface area contributed by atoms with Gasteiger partial charge in [0.25, 0.3) is 0 Å². The maximum atomic E-state index is 9.78. The Bertz CT molecular complexity index is 720. The molecule has 0 bridgehead atoms. The molecule has 0 atom stereocenters. The van der Waals surface area contributed by atoms with Crippen molar-refractivity contribution in [3.8, 4) is 5.75 Å². The first-order valence-corrected chi connectivity index (χ1v) is 7.02. The van der Waals surface area contributed by atoms with Crippen molar-refractivity contribution in [3.63, 3.8) is 0 Å². The molecule has 0 saturated heterocycles. The van der Waals surface area contributed by atoms with E-state index in [0.717, 1.165) is 24.6 Å². The molecular weight excluding hydrogens is 244 g/mol. The van der Waals surface area contributed by atoms with Crippen LogP contribution in [0, 0.1) is 0 Å². The summed E-state index contributed by atoms with van der Waals surface area (Å²) in [7, 11) is 0. The van der Waals surface area contributed by atoms with Crippen molar-refractivity contribution >= 4 is 22.4 Å². The van der Waals surface area contributed by atoms with Crippen LogP contribution in [-0.4, -0.2) is 5.11 Å². The molecule has 1 aliphatic rings. The van der Waals surface area contributed by atoms with Crippen LogP contribution < -0.4 is 0 Å². The molecule has 0 heterocycles. The standard InChI is InChI=1S/C19H18O/c1-2-3-4-6-15-7-5-8-16-10-9-14-11-12-17(20)13-18(14)19(15)16/h2,5-6,8-13,20H,1,3-4,7H2/b15-6+. The van der Waals surface area contributed by atoms with Gasteiger partial charge in [0.2, 0.25) is 0 Å². The lowest BCUT2D eigenvalue weighted by atomic mass is 9.87. The summed E-state index contributed by atoms with van der Waals surface area (Å²) in [5.74, 6) is 0.325. The third-order valence-corrected chi connectivity index (χ3v) is 3.76. The molecule has 0 saturated carbocycles. The molecule has 2 aromatic rings. The molecule has 0 fully saturated rings. The Morgan fingerprint density at radius 3 is 2.85 bits per heavy atom. The Hall–Kier alpha value is -2.28. The second-order valence-corrected chi connectivity index (χ2v) is 5.14. The predicted octanol–water partition coefficient (Wildman–Crippen LogP) is 5.31. The van der Waals surface area contributed by atoms with Crippen LogP contribution in [0.25, 0.3) is 22.4 Å². The van der Waals surface area contributed by atoms with E-state index in [1.165, 1.54) is 22.1 Å². The lowest BCUT2D eigenvalue weighted by Gasteiger charge is -2.17. The van der Waals surface area contributed by atoms with Crippen LogP contribution >= 0.6 is 0 Å². The molecule has 100 valence electrons. The van der Waals surface area contributed by atoms with Gasteiger partial charge < -0.3 is 5.11 Å². The molecule has 0 radical (unpaired) electrons. The van der Waals surface area contributed by atoms with Gasteiger partial charge in [0.05, 0.1) is 0 Å². The second-order valence-electron chi connectivity index (χ2n) is 5.14. The highest BCUT2D eigenvalue weighted by atomic mass is 16.3. The van der Waals surface area contributed by atoms with Crippen LogP contribution in [0.5, 0.6) is 5.75 Å². The molecule has 20 heavy (non-hydrogen) atoms. The van der Waals surface area contributed by atoms with Gasteiger partial charge >= 0.3 is 0 Å². The van der Waals surface area contributed by atoms with Crippen molar-refractivity contribution in [1.82, 2.24) is 0 Å². The van der Waals surface area contributed by atoms with Gasteiger partial charge in [0.15, 0.2) is 0 Å². The van der Waals surface area contributed by atoms with Gasteiger partial charge in [-0.3, -0.25) is 0 Å². The molecular formula is C19H18O. The average Bonchev–Trinajstić information content (AvgIpc) is 2.47. The van der Waals surface area contributed by atoms with Crippen molar-refractivity contribution in [2.24, 2.45) is 0 Å². The van der Waals surface area contributed by atoms with Gasteiger partial charge in [0.1, 0.15) is 5.75 Å². The van der Waals surface area contributed by atoms with Crippen LogP contribution in [-0.2, 0) is 0 Å². The van der Waals surface area contributed by atoms with Gasteiger partial charge in [-0.15, -0.1) is 6.58 Å². The number of allylic oxidation sites excluding steroid dienone is 4. The molecule has 0 aromatic heterocycles. The number of benzene rings is 2. The zero-order valence-electron chi connectivity index (χ0n) is 11.5. The maximum Gasteiger partial charge on any atom is 0.116 e. The van der Waals surface area contributed by atoms with Gasteiger partial charge in [-0.25, -0.2) is 0 Å². The Morgan fingerprint density at radius 1 is 1.15 bits per heavy atom. The van der Waals surface area contributed by atoms with E-state index in [2.05, 4.69) is 36.9 Å². The van der Waals surface area contributed by atoms with E-state index in [0.29, 0.717) is 5.75 Å². The molecule has 0 unspecified atom stereocenters. The highest BCUT2D eigenvalue weighted by Gasteiger charge is 2.13. The molecule has 2 aromatic carbocycles. The van der Waals surface area contributed by atoms with E-state index in [4.69, 9.17) is 0 Å². The minimum atomic E-state index is 0.325. The zero-order valence-corrected chi connectivity index (χ0v) is 11.5. The summed E-state index contributed by atoms with van der Waals surface area (Å²) in [6.45, 7) is 3.77. The lowest BCUT2D eigenvalue weighted by Crippen LogP contribution is -1.95. The Morgan fingerprint density at radius 2 is 2.00 bits per heavy atom. The summed E-state index contributed by atoms with van der Waals surface area (Å²) >= 11 is 0. The molecule has 1 nitrogen and oxygen atoms in total. The number of unbranched alkanes of at least 4 members (excludes halogenated alkanes) is 1. The molecule has 0 amide bonds. The normalized spacial score (nSPS) is 15.5. The summed E-state index contributed by atoms with van der Waals surface area (Å²) < 4.78 is 0. The number of aromatic hydroxyl groups is 1. The van der Waals surface area contributed by atoms with Crippen LogP contribution in [0.15, 0.2) is 55.1 Å². The van der Waals surface area contributed by atoms with Crippen molar-refractivity contribution < 1.29 is 5.11 Å². The summed E-state index contributed by atoms with van der Waals surface area (Å²) in [6, 6.07) is 9.87. The molecule has 1 N–H and O–H groups in total. The number of hydrogen-bond donors (Lipinski definition) is 1. The third kappa shape index (κ3) is 2.27. The number of rotatable bonds is 3. The van der Waals surface area contributed by atoms with E-state index in [9.17, 15) is 5.11 Å². The quantitative estimate of drug-likeness (QED) is 0.587. The molecule has 1 heteroatoms. The fourth-order valence-corrected chi connectivity index (χ4v) is 2.80. The fourth-order valence-electron chi connectivity index (χ4n) is 2.80. The van der Waals surface area contributed by atoms with Crippen molar-refractivity contribution in [1.29, 1.82) is 0 Å². The first-order valence-electron chi connectivity index (χ1n) is 7.02. The SMILES string of the molecule is C=CCC/C=C1\CC=Cc2ccc3ccc(O)cc3c21. The smallest absolute Gasteiger partial charge is 0.116 e. The summed E-state index contributed by atoms with van der Waals surface area (Å²) in [6.07, 6.45) is 11.6. The highest BCUT2D eigenvalue weighted by Crippen LogP contribution is 2.36. The topological polar surface area (TPSA) is 20.2 Å². The van der Waals surface area contributed by atoms with Crippen LogP contribution in [0.2, 0.25) is 0 Å². The number of phenols is 1. The molecule has 1 aliphatic carbocycles. The summed E-state index contributed by atoms with van der Waals surface area (Å²) in [5.41, 5.74) is 3.85. The Labute approximate surface area is 119 Å². The lowest BCUT2D eigenvalue weighted by molar-refractivity contribution is 0.476. The van der Waals surface area contributed by atoms with E-state index < -0.39 is 0 Å². The van der Waals surface area contributed by atoms with Crippen LogP contribution in [0.3, 0.4) is 0 Å². The van der Waals surface area contributed by atoms with Gasteiger partial charge in [-0.1, -0.05) is 42.5 Å². The van der Waals surface area contributed by atoms with E-state index in [1.54, 1.807) is 6.07 Å². The first kappa shape index (κ1) is 12.7. The molecule has 3 rings (SSSR count). The second kappa shape index (κ2) is 5.38. The maximum absolute atomic E-state index is 9.78. The predicted molar refractivity (Wildman–Crippen MR) is 86.7 cm³/mol. The van der Waals surface area contributed by atoms with Gasteiger partial charge in [-0.2, -0.15) is 0 Å². The number of phenolic OH excluding ortho intramolecular Hbond substituents is 1. The zero-order chi connectivity index (χ0) is 13.9. The van der Waals surface area contributed by atoms with E-state index >= 15 is 0 Å². The molecule has 0 aliphatic heterocycles. The van der Waals surface area contributed by atoms with Gasteiger partial charge in [0, 0.05) is 0 Å². The highest BCUT2D eigenvalue weighted by molar-refractivity contribution is 5.99. The fraction of sp³-hybridized carbons (Fsp3) is 0.158. The summed E-state index contributed by atoms with van der Waals surface area (Å²) in [4.78, 5) is 0. The number of hydrogen-bond acceptors (Lipinski definition) is 1. The monoisotopic (exact) mass is 262 g/mol. The van der Waals surface area contributed by atoms with E-state index in [-0.39, 0.29) is 0 Å². The minimum Gasteiger partial charge on any atom is -0.508 e. The van der Waals surface area contributed by atoms with Crippen molar-refractivity contribution in [3.05, 3.63) is 66.3 Å². The van der Waals surface area contributed by atoms with Crippen molar-refractivity contribution in [2.45, 2.75) is 19.3 Å². The number of fused-ring (bicyclic) bond motifs is 3. The van der Waals surface area contributed by atoms with Crippen molar-refractivity contribution in [2.75, 3.05) is 0 Å². The van der Waals surface area contributed by atoms with Gasteiger partial charge in [-0.05, 0) is 58.9 Å². The summed E-state index contributed by atoms with van der Waals surface area (Å²) in [5, 5.41) is 12.1. The van der Waals surface area contributed by atoms with E-state index in [1.807, 2.05) is 18.2 Å². The Balaban J connectivity index is 2.19.